The predicted octanol–water partition coefficient (Wildman–Crippen LogP) is 4.91. The standard InChI is InChI=1S/C21H19ClN2O3/c1-26-19-12-18(20(27-2)11-16(19)23)24-17-9-8-14(22)10-15(17)21(25)13-6-4-3-5-7-13/h3-12,24H,23H2,1-2H3. The molecule has 0 fully saturated rings. The molecule has 138 valence electrons. The van der Waals surface area contributed by atoms with E-state index in [9.17, 15) is 4.79 Å². The Bertz CT molecular complexity index is 975. The van der Waals surface area contributed by atoms with E-state index in [1.165, 1.54) is 7.11 Å². The van der Waals surface area contributed by atoms with Crippen LogP contribution < -0.4 is 20.5 Å². The molecule has 6 heteroatoms. The summed E-state index contributed by atoms with van der Waals surface area (Å²) in [6.07, 6.45) is 0. The third-order valence-electron chi connectivity index (χ3n) is 4.08. The summed E-state index contributed by atoms with van der Waals surface area (Å²) in [6, 6.07) is 17.5. The first-order valence-electron chi connectivity index (χ1n) is 8.21. The van der Waals surface area contributed by atoms with Gasteiger partial charge in [-0.25, -0.2) is 0 Å². The van der Waals surface area contributed by atoms with Gasteiger partial charge in [0.25, 0.3) is 0 Å². The molecule has 0 amide bonds. The van der Waals surface area contributed by atoms with Crippen molar-refractivity contribution in [2.45, 2.75) is 0 Å². The first-order chi connectivity index (χ1) is 13.0. The van der Waals surface area contributed by atoms with Gasteiger partial charge in [0.05, 0.1) is 25.6 Å². The molecule has 3 aromatic carbocycles. The van der Waals surface area contributed by atoms with Crippen LogP contribution in [0, 0.1) is 0 Å². The van der Waals surface area contributed by atoms with Gasteiger partial charge in [0.1, 0.15) is 11.5 Å². The van der Waals surface area contributed by atoms with Crippen LogP contribution in [0.15, 0.2) is 60.7 Å². The quantitative estimate of drug-likeness (QED) is 0.468. The highest BCUT2D eigenvalue weighted by atomic mass is 35.5. The minimum atomic E-state index is -0.137. The van der Waals surface area contributed by atoms with E-state index in [0.29, 0.717) is 44.7 Å². The number of carbonyl (C=O) groups is 1. The molecule has 0 aliphatic heterocycles. The zero-order chi connectivity index (χ0) is 19.4. The van der Waals surface area contributed by atoms with Gasteiger partial charge in [-0.15, -0.1) is 0 Å². The van der Waals surface area contributed by atoms with Crippen LogP contribution in [0.2, 0.25) is 5.02 Å². The molecular formula is C21H19ClN2O3. The number of carbonyl (C=O) groups excluding carboxylic acids is 1. The molecule has 3 N–H and O–H groups in total. The van der Waals surface area contributed by atoms with Gasteiger partial charge in [-0.1, -0.05) is 41.9 Å². The third kappa shape index (κ3) is 3.99. The van der Waals surface area contributed by atoms with E-state index in [2.05, 4.69) is 5.32 Å². The summed E-state index contributed by atoms with van der Waals surface area (Å²) in [4.78, 5) is 13.0. The van der Waals surface area contributed by atoms with Crippen LogP contribution in [-0.2, 0) is 0 Å². The van der Waals surface area contributed by atoms with Crippen molar-refractivity contribution in [2.24, 2.45) is 0 Å². The van der Waals surface area contributed by atoms with E-state index in [1.54, 1.807) is 49.6 Å². The van der Waals surface area contributed by atoms with Crippen LogP contribution >= 0.6 is 11.6 Å². The van der Waals surface area contributed by atoms with E-state index in [4.69, 9.17) is 26.8 Å². The maximum atomic E-state index is 13.0. The van der Waals surface area contributed by atoms with Crippen molar-refractivity contribution in [3.63, 3.8) is 0 Å². The van der Waals surface area contributed by atoms with Gasteiger partial charge >= 0.3 is 0 Å². The fourth-order valence-corrected chi connectivity index (χ4v) is 2.89. The number of nitrogens with one attached hydrogen (secondary N) is 1. The van der Waals surface area contributed by atoms with E-state index >= 15 is 0 Å². The van der Waals surface area contributed by atoms with Gasteiger partial charge in [0, 0.05) is 34.0 Å². The molecular weight excluding hydrogens is 364 g/mol. The Morgan fingerprint density at radius 3 is 2.30 bits per heavy atom. The molecule has 0 saturated heterocycles. The number of halogens is 1. The molecule has 0 spiro atoms. The highest BCUT2D eigenvalue weighted by Crippen LogP contribution is 2.37. The van der Waals surface area contributed by atoms with Crippen LogP contribution in [0.4, 0.5) is 17.1 Å². The Morgan fingerprint density at radius 2 is 1.63 bits per heavy atom. The summed E-state index contributed by atoms with van der Waals surface area (Å²) in [5, 5.41) is 3.71. The molecule has 3 aromatic rings. The molecule has 0 atom stereocenters. The van der Waals surface area contributed by atoms with Crippen molar-refractivity contribution in [3.05, 3.63) is 76.8 Å². The smallest absolute Gasteiger partial charge is 0.195 e. The molecule has 3 rings (SSSR count). The zero-order valence-corrected chi connectivity index (χ0v) is 15.7. The van der Waals surface area contributed by atoms with Crippen molar-refractivity contribution in [2.75, 3.05) is 25.3 Å². The lowest BCUT2D eigenvalue weighted by Crippen LogP contribution is -2.06. The van der Waals surface area contributed by atoms with Crippen LogP contribution in [0.5, 0.6) is 11.5 Å². The SMILES string of the molecule is COc1cc(Nc2ccc(Cl)cc2C(=O)c2ccccc2)c(OC)cc1N. The second-order valence-corrected chi connectivity index (χ2v) is 6.24. The van der Waals surface area contributed by atoms with Crippen LogP contribution in [0.3, 0.4) is 0 Å². The van der Waals surface area contributed by atoms with Crippen molar-refractivity contribution >= 4 is 34.4 Å². The Kier molecular flexibility index (Phi) is 5.52. The summed E-state index contributed by atoms with van der Waals surface area (Å²) >= 11 is 6.14. The predicted molar refractivity (Wildman–Crippen MR) is 109 cm³/mol. The molecule has 0 unspecified atom stereocenters. The highest BCUT2D eigenvalue weighted by molar-refractivity contribution is 6.31. The maximum absolute atomic E-state index is 13.0. The van der Waals surface area contributed by atoms with Crippen LogP contribution in [0.1, 0.15) is 15.9 Å². The van der Waals surface area contributed by atoms with Crippen molar-refractivity contribution in [3.8, 4) is 11.5 Å². The number of anilines is 3. The summed E-state index contributed by atoms with van der Waals surface area (Å²) < 4.78 is 10.7. The average molecular weight is 383 g/mol. The van der Waals surface area contributed by atoms with E-state index < -0.39 is 0 Å². The van der Waals surface area contributed by atoms with Gasteiger partial charge in [-0.3, -0.25) is 4.79 Å². The minimum Gasteiger partial charge on any atom is -0.495 e. The second kappa shape index (κ2) is 8.01. The van der Waals surface area contributed by atoms with Crippen molar-refractivity contribution in [1.82, 2.24) is 0 Å². The summed E-state index contributed by atoms with van der Waals surface area (Å²) in [5.74, 6) is 0.895. The molecule has 0 heterocycles. The number of ether oxygens (including phenoxy) is 2. The molecule has 0 aromatic heterocycles. The van der Waals surface area contributed by atoms with E-state index in [0.717, 1.165) is 0 Å². The second-order valence-electron chi connectivity index (χ2n) is 5.80. The minimum absolute atomic E-state index is 0.137. The van der Waals surface area contributed by atoms with Gasteiger partial charge in [0.15, 0.2) is 5.78 Å². The lowest BCUT2D eigenvalue weighted by Gasteiger charge is -2.16. The Morgan fingerprint density at radius 1 is 0.926 bits per heavy atom. The third-order valence-corrected chi connectivity index (χ3v) is 4.32. The van der Waals surface area contributed by atoms with Crippen LogP contribution in [0.25, 0.3) is 0 Å². The number of rotatable bonds is 6. The lowest BCUT2D eigenvalue weighted by atomic mass is 10.0. The molecule has 0 aliphatic carbocycles. The number of ketones is 1. The highest BCUT2D eigenvalue weighted by Gasteiger charge is 2.17. The number of benzene rings is 3. The Balaban J connectivity index is 2.05. The Labute approximate surface area is 162 Å². The first-order valence-corrected chi connectivity index (χ1v) is 8.59. The van der Waals surface area contributed by atoms with E-state index in [-0.39, 0.29) is 5.78 Å². The number of nitrogen functional groups attached to an aromatic ring is 1. The van der Waals surface area contributed by atoms with Crippen LogP contribution in [-0.4, -0.2) is 20.0 Å². The number of methoxy groups -OCH3 is 2. The Hall–Kier alpha value is -3.18. The van der Waals surface area contributed by atoms with Gasteiger partial charge in [0.2, 0.25) is 0 Å². The van der Waals surface area contributed by atoms with Crippen molar-refractivity contribution in [1.29, 1.82) is 0 Å². The number of hydrogen-bond donors (Lipinski definition) is 2. The molecule has 5 nitrogen and oxygen atoms in total. The van der Waals surface area contributed by atoms with Gasteiger partial charge in [-0.05, 0) is 18.2 Å². The molecule has 0 saturated carbocycles. The largest absolute Gasteiger partial charge is 0.495 e. The fourth-order valence-electron chi connectivity index (χ4n) is 2.72. The normalized spacial score (nSPS) is 10.3. The fraction of sp³-hybridized carbons (Fsp3) is 0.0952. The summed E-state index contributed by atoms with van der Waals surface area (Å²) in [5.41, 5.74) is 8.63. The van der Waals surface area contributed by atoms with Gasteiger partial charge in [-0.2, -0.15) is 0 Å². The van der Waals surface area contributed by atoms with Gasteiger partial charge < -0.3 is 20.5 Å². The first kappa shape index (κ1) is 18.6. The molecule has 0 aliphatic rings. The number of hydrogen-bond acceptors (Lipinski definition) is 5. The van der Waals surface area contributed by atoms with Crippen molar-refractivity contribution < 1.29 is 14.3 Å². The summed E-state index contributed by atoms with van der Waals surface area (Å²) in [6.45, 7) is 0. The number of nitrogens with two attached hydrogens (primary N) is 1. The molecule has 27 heavy (non-hydrogen) atoms. The van der Waals surface area contributed by atoms with E-state index in [1.807, 2.05) is 18.2 Å². The average Bonchev–Trinajstić information content (AvgIpc) is 2.70. The monoisotopic (exact) mass is 382 g/mol. The zero-order valence-electron chi connectivity index (χ0n) is 15.0. The topological polar surface area (TPSA) is 73.6 Å². The summed E-state index contributed by atoms with van der Waals surface area (Å²) in [7, 11) is 3.08. The lowest BCUT2D eigenvalue weighted by molar-refractivity contribution is 0.103. The maximum Gasteiger partial charge on any atom is 0.195 e. The molecule has 0 radical (unpaired) electrons. The molecule has 0 bridgehead atoms.